The summed E-state index contributed by atoms with van der Waals surface area (Å²) in [5.74, 6) is 0. The van der Waals surface area contributed by atoms with Crippen molar-refractivity contribution in [3.8, 4) is 0 Å². The van der Waals surface area contributed by atoms with E-state index in [4.69, 9.17) is 14.2 Å². The number of halogens is 1. The molecular weight excluding hydrogens is 338 g/mol. The molecule has 0 saturated carbocycles. The normalized spacial score (nSPS) is 12.4. The molecule has 6 heteroatoms. The van der Waals surface area contributed by atoms with Crippen LogP contribution in [-0.2, 0) is 20.8 Å². The van der Waals surface area contributed by atoms with Gasteiger partial charge >= 0.3 is 0 Å². The monoisotopic (exact) mass is 361 g/mol. The van der Waals surface area contributed by atoms with Crippen LogP contribution in [0.15, 0.2) is 22.7 Å². The van der Waals surface area contributed by atoms with Crippen molar-refractivity contribution in [3.05, 3.63) is 28.2 Å². The van der Waals surface area contributed by atoms with Gasteiger partial charge in [-0.2, -0.15) is 0 Å². The summed E-state index contributed by atoms with van der Waals surface area (Å²) in [6.07, 6.45) is -0.569. The lowest BCUT2D eigenvalue weighted by Crippen LogP contribution is -2.26. The van der Waals surface area contributed by atoms with Crippen LogP contribution >= 0.6 is 15.9 Å². The third-order valence-corrected chi connectivity index (χ3v) is 3.56. The third-order valence-electron chi connectivity index (χ3n) is 2.82. The van der Waals surface area contributed by atoms with Crippen LogP contribution in [0.1, 0.15) is 12.5 Å². The summed E-state index contributed by atoms with van der Waals surface area (Å²) >= 11 is 3.50. The predicted molar refractivity (Wildman–Crippen MR) is 86.7 cm³/mol. The molecule has 0 fully saturated rings. The maximum absolute atomic E-state index is 9.89. The van der Waals surface area contributed by atoms with Gasteiger partial charge in [-0.25, -0.2) is 0 Å². The highest BCUT2D eigenvalue weighted by atomic mass is 79.9. The zero-order chi connectivity index (χ0) is 15.5. The smallest absolute Gasteiger partial charge is 0.0945 e. The molecular formula is C15H24BrNO4. The van der Waals surface area contributed by atoms with Gasteiger partial charge in [-0.15, -0.1) is 0 Å². The lowest BCUT2D eigenvalue weighted by atomic mass is 10.2. The fourth-order valence-corrected chi connectivity index (χ4v) is 2.26. The average Bonchev–Trinajstić information content (AvgIpc) is 2.48. The molecule has 0 heterocycles. The van der Waals surface area contributed by atoms with E-state index in [0.29, 0.717) is 33.0 Å². The number of anilines is 1. The van der Waals surface area contributed by atoms with E-state index in [1.165, 1.54) is 0 Å². The molecule has 0 spiro atoms. The molecule has 1 aromatic rings. The maximum atomic E-state index is 9.89. The lowest BCUT2D eigenvalue weighted by Gasteiger charge is -2.16. The molecule has 1 aromatic carbocycles. The van der Waals surface area contributed by atoms with Gasteiger partial charge in [-0.1, -0.05) is 22.0 Å². The molecule has 1 unspecified atom stereocenters. The molecule has 1 atom stereocenters. The first kappa shape index (κ1) is 18.4. The highest BCUT2D eigenvalue weighted by Crippen LogP contribution is 2.25. The second-order valence-corrected chi connectivity index (χ2v) is 5.36. The Morgan fingerprint density at radius 2 is 2.05 bits per heavy atom. The van der Waals surface area contributed by atoms with Crippen molar-refractivity contribution in [3.63, 3.8) is 0 Å². The zero-order valence-corrected chi connectivity index (χ0v) is 14.2. The lowest BCUT2D eigenvalue weighted by molar-refractivity contribution is 0.0103. The Morgan fingerprint density at radius 1 is 1.29 bits per heavy atom. The van der Waals surface area contributed by atoms with Gasteiger partial charge in [-0.3, -0.25) is 0 Å². The minimum absolute atomic E-state index is 0.285. The Labute approximate surface area is 134 Å². The first-order valence-corrected chi connectivity index (χ1v) is 7.82. The fourth-order valence-electron chi connectivity index (χ4n) is 1.78. The van der Waals surface area contributed by atoms with Crippen LogP contribution in [0.5, 0.6) is 0 Å². The number of rotatable bonds is 11. The van der Waals surface area contributed by atoms with Crippen LogP contribution in [-0.4, -0.2) is 51.3 Å². The molecule has 0 aliphatic carbocycles. The molecule has 0 radical (unpaired) electrons. The number of ether oxygens (including phenoxy) is 3. The zero-order valence-electron chi connectivity index (χ0n) is 12.6. The van der Waals surface area contributed by atoms with Gasteiger partial charge in [-0.05, 0) is 19.1 Å². The molecule has 5 nitrogen and oxygen atoms in total. The number of nitrogens with one attached hydrogen (secondary N) is 1. The van der Waals surface area contributed by atoms with E-state index < -0.39 is 6.10 Å². The van der Waals surface area contributed by atoms with Gasteiger partial charge in [0, 0.05) is 36.0 Å². The van der Waals surface area contributed by atoms with Crippen LogP contribution in [0.3, 0.4) is 0 Å². The van der Waals surface area contributed by atoms with Gasteiger partial charge in [0.25, 0.3) is 0 Å². The summed E-state index contributed by atoms with van der Waals surface area (Å²) in [6.45, 7) is 4.88. The molecule has 0 aliphatic heterocycles. The molecule has 21 heavy (non-hydrogen) atoms. The van der Waals surface area contributed by atoms with Crippen molar-refractivity contribution in [1.29, 1.82) is 0 Å². The van der Waals surface area contributed by atoms with Gasteiger partial charge in [0.05, 0.1) is 32.5 Å². The fraction of sp³-hybridized carbons (Fsp3) is 0.600. The van der Waals surface area contributed by atoms with Gasteiger partial charge < -0.3 is 24.6 Å². The third kappa shape index (κ3) is 7.24. The Morgan fingerprint density at radius 3 is 2.76 bits per heavy atom. The van der Waals surface area contributed by atoms with Crippen LogP contribution < -0.4 is 5.32 Å². The summed E-state index contributed by atoms with van der Waals surface area (Å²) in [5.41, 5.74) is 1.98. The largest absolute Gasteiger partial charge is 0.389 e. The Balaban J connectivity index is 2.35. The van der Waals surface area contributed by atoms with E-state index in [9.17, 15) is 5.11 Å². The van der Waals surface area contributed by atoms with Gasteiger partial charge in [0.15, 0.2) is 0 Å². The quantitative estimate of drug-likeness (QED) is 0.592. The predicted octanol–water partition coefficient (Wildman–Crippen LogP) is 2.42. The highest BCUT2D eigenvalue weighted by molar-refractivity contribution is 9.10. The van der Waals surface area contributed by atoms with Gasteiger partial charge in [0.1, 0.15) is 0 Å². The minimum atomic E-state index is -0.569. The SMILES string of the molecule is CCOCCOCC(O)CNc1cccc(Br)c1COC. The van der Waals surface area contributed by atoms with E-state index in [1.807, 2.05) is 25.1 Å². The number of hydrogen-bond donors (Lipinski definition) is 2. The Kier molecular flexibility index (Phi) is 9.62. The second kappa shape index (κ2) is 11.0. The van der Waals surface area contributed by atoms with Gasteiger partial charge in [0.2, 0.25) is 0 Å². The maximum Gasteiger partial charge on any atom is 0.0945 e. The molecule has 2 N–H and O–H groups in total. The van der Waals surface area contributed by atoms with E-state index >= 15 is 0 Å². The number of benzene rings is 1. The van der Waals surface area contributed by atoms with Crippen LogP contribution in [0, 0.1) is 0 Å². The molecule has 0 aliphatic rings. The van der Waals surface area contributed by atoms with Crippen LogP contribution in [0.25, 0.3) is 0 Å². The van der Waals surface area contributed by atoms with E-state index in [2.05, 4.69) is 21.2 Å². The number of methoxy groups -OCH3 is 1. The molecule has 0 amide bonds. The minimum Gasteiger partial charge on any atom is -0.389 e. The van der Waals surface area contributed by atoms with Crippen molar-refractivity contribution < 1.29 is 19.3 Å². The first-order chi connectivity index (χ1) is 10.2. The second-order valence-electron chi connectivity index (χ2n) is 4.51. The Hall–Kier alpha value is -0.660. The summed E-state index contributed by atoms with van der Waals surface area (Å²) in [5, 5.41) is 13.1. The van der Waals surface area contributed by atoms with Crippen molar-refractivity contribution in [2.24, 2.45) is 0 Å². The number of aliphatic hydroxyl groups excluding tert-OH is 1. The van der Waals surface area contributed by atoms with Crippen molar-refractivity contribution in [1.82, 2.24) is 0 Å². The first-order valence-electron chi connectivity index (χ1n) is 7.02. The van der Waals surface area contributed by atoms with Crippen molar-refractivity contribution in [2.75, 3.05) is 45.4 Å². The highest BCUT2D eigenvalue weighted by Gasteiger charge is 2.09. The standard InChI is InChI=1S/C15H24BrNO4/c1-3-20-7-8-21-10-12(18)9-17-15-6-4-5-14(16)13(15)11-19-2/h4-6,12,17-18H,3,7-11H2,1-2H3. The number of hydrogen-bond acceptors (Lipinski definition) is 5. The molecule has 0 bridgehead atoms. The summed E-state index contributed by atoms with van der Waals surface area (Å²) in [4.78, 5) is 0. The molecule has 0 saturated heterocycles. The van der Waals surface area contributed by atoms with E-state index in [0.717, 1.165) is 15.7 Å². The van der Waals surface area contributed by atoms with E-state index in [-0.39, 0.29) is 6.61 Å². The molecule has 1 rings (SSSR count). The summed E-state index contributed by atoms with van der Waals surface area (Å²) < 4.78 is 16.7. The summed E-state index contributed by atoms with van der Waals surface area (Å²) in [6, 6.07) is 5.87. The summed E-state index contributed by atoms with van der Waals surface area (Å²) in [7, 11) is 1.66. The molecule has 120 valence electrons. The van der Waals surface area contributed by atoms with E-state index in [1.54, 1.807) is 7.11 Å². The Bertz CT molecular complexity index is 403. The van der Waals surface area contributed by atoms with Crippen molar-refractivity contribution >= 4 is 21.6 Å². The van der Waals surface area contributed by atoms with Crippen LogP contribution in [0.2, 0.25) is 0 Å². The van der Waals surface area contributed by atoms with Crippen LogP contribution in [0.4, 0.5) is 5.69 Å². The van der Waals surface area contributed by atoms with Crippen molar-refractivity contribution in [2.45, 2.75) is 19.6 Å². The topological polar surface area (TPSA) is 60.0 Å². The molecule has 0 aromatic heterocycles. The average molecular weight is 362 g/mol. The number of aliphatic hydroxyl groups is 1.